The summed E-state index contributed by atoms with van der Waals surface area (Å²) >= 11 is 0. The highest BCUT2D eigenvalue weighted by atomic mass is 16.2. The number of hydrogen-bond donors (Lipinski definition) is 2. The van der Waals surface area contributed by atoms with E-state index in [1.165, 1.54) is 10.6 Å². The van der Waals surface area contributed by atoms with E-state index in [4.69, 9.17) is 5.73 Å². The van der Waals surface area contributed by atoms with E-state index in [2.05, 4.69) is 5.32 Å². The Morgan fingerprint density at radius 3 is 2.81 bits per heavy atom. The molecule has 1 heterocycles. The molecule has 0 aliphatic rings. The number of pyridine rings is 1. The summed E-state index contributed by atoms with van der Waals surface area (Å²) in [7, 11) is 1.63. The molecule has 1 amide bonds. The fraction of sp³-hybridized carbons (Fsp3) is 0.455. The van der Waals surface area contributed by atoms with Gasteiger partial charge in [0.2, 0.25) is 11.5 Å². The quantitative estimate of drug-likeness (QED) is 0.778. The minimum absolute atomic E-state index is 0.115. The molecule has 1 rings (SSSR count). The molecule has 0 saturated heterocycles. The molecule has 16 heavy (non-hydrogen) atoms. The predicted molar refractivity (Wildman–Crippen MR) is 63.2 cm³/mol. The maximum Gasteiger partial charge on any atom is 0.250 e. The Morgan fingerprint density at radius 2 is 2.25 bits per heavy atom. The summed E-state index contributed by atoms with van der Waals surface area (Å²) in [6, 6.07) is 2.47. The highest BCUT2D eigenvalue weighted by Crippen LogP contribution is 2.04. The van der Waals surface area contributed by atoms with Crippen LogP contribution in [0.5, 0.6) is 0 Å². The Bertz CT molecular complexity index is 425. The topological polar surface area (TPSA) is 77.1 Å². The molecular formula is C11H17N3O2. The first kappa shape index (κ1) is 12.4. The van der Waals surface area contributed by atoms with Crippen LogP contribution >= 0.6 is 0 Å². The van der Waals surface area contributed by atoms with E-state index < -0.39 is 6.04 Å². The number of aryl methyl sites for hydroxylation is 1. The Balaban J connectivity index is 2.70. The lowest BCUT2D eigenvalue weighted by Crippen LogP contribution is -2.35. The third kappa shape index (κ3) is 3.20. The van der Waals surface area contributed by atoms with Gasteiger partial charge >= 0.3 is 0 Å². The van der Waals surface area contributed by atoms with E-state index in [0.717, 1.165) is 6.42 Å². The van der Waals surface area contributed by atoms with Crippen LogP contribution < -0.4 is 16.6 Å². The maximum atomic E-state index is 11.6. The molecule has 0 saturated carbocycles. The molecule has 3 N–H and O–H groups in total. The van der Waals surface area contributed by atoms with E-state index in [-0.39, 0.29) is 11.5 Å². The molecule has 0 unspecified atom stereocenters. The second-order valence-electron chi connectivity index (χ2n) is 3.75. The molecule has 0 spiro atoms. The number of carbonyl (C=O) groups excluding carboxylic acids is 1. The second kappa shape index (κ2) is 5.46. The highest BCUT2D eigenvalue weighted by molar-refractivity contribution is 5.94. The van der Waals surface area contributed by atoms with Crippen molar-refractivity contribution in [3.63, 3.8) is 0 Å². The molecule has 88 valence electrons. The van der Waals surface area contributed by atoms with Crippen LogP contribution in [-0.2, 0) is 11.8 Å². The van der Waals surface area contributed by atoms with E-state index in [1.807, 2.05) is 6.92 Å². The minimum Gasteiger partial charge on any atom is -0.323 e. The SMILES string of the molecule is CCC[C@@H](N)C(=O)Nc1ccc(=O)n(C)c1. The number of carbonyl (C=O) groups is 1. The first-order chi connectivity index (χ1) is 7.54. The van der Waals surface area contributed by atoms with Crippen LogP contribution in [0.2, 0.25) is 0 Å². The smallest absolute Gasteiger partial charge is 0.250 e. The third-order valence-corrected chi connectivity index (χ3v) is 2.29. The summed E-state index contributed by atoms with van der Waals surface area (Å²) in [5.41, 5.74) is 6.13. The van der Waals surface area contributed by atoms with Crippen LogP contribution in [0.3, 0.4) is 0 Å². The summed E-state index contributed by atoms with van der Waals surface area (Å²) in [6.07, 6.45) is 3.08. The number of nitrogens with one attached hydrogen (secondary N) is 1. The van der Waals surface area contributed by atoms with Gasteiger partial charge in [0.05, 0.1) is 11.7 Å². The normalized spacial score (nSPS) is 12.2. The van der Waals surface area contributed by atoms with Gasteiger partial charge in [0.1, 0.15) is 0 Å². The molecule has 1 aromatic heterocycles. The van der Waals surface area contributed by atoms with Gasteiger partial charge in [-0.1, -0.05) is 13.3 Å². The molecule has 1 atom stereocenters. The van der Waals surface area contributed by atoms with Crippen LogP contribution in [0.4, 0.5) is 5.69 Å². The van der Waals surface area contributed by atoms with Crippen molar-refractivity contribution in [1.29, 1.82) is 0 Å². The van der Waals surface area contributed by atoms with Crippen molar-refractivity contribution in [2.75, 3.05) is 5.32 Å². The Labute approximate surface area is 94.3 Å². The second-order valence-corrected chi connectivity index (χ2v) is 3.75. The standard InChI is InChI=1S/C11H17N3O2/c1-3-4-9(12)11(16)13-8-5-6-10(15)14(2)7-8/h5-7,9H,3-4,12H2,1-2H3,(H,13,16)/t9-/m1/s1. The van der Waals surface area contributed by atoms with Crippen LogP contribution in [-0.4, -0.2) is 16.5 Å². The number of amides is 1. The van der Waals surface area contributed by atoms with Crippen LogP contribution in [0.1, 0.15) is 19.8 Å². The molecule has 5 nitrogen and oxygen atoms in total. The summed E-state index contributed by atoms with van der Waals surface area (Å²) in [5, 5.41) is 2.67. The van der Waals surface area contributed by atoms with Crippen molar-refractivity contribution in [1.82, 2.24) is 4.57 Å². The fourth-order valence-electron chi connectivity index (χ4n) is 1.34. The molecule has 0 aliphatic heterocycles. The average Bonchev–Trinajstić information content (AvgIpc) is 2.24. The monoisotopic (exact) mass is 223 g/mol. The third-order valence-electron chi connectivity index (χ3n) is 2.29. The molecule has 0 fully saturated rings. The number of aromatic nitrogens is 1. The zero-order valence-corrected chi connectivity index (χ0v) is 9.56. The molecule has 0 aliphatic carbocycles. The van der Waals surface area contributed by atoms with Gasteiger partial charge in [-0.25, -0.2) is 0 Å². The van der Waals surface area contributed by atoms with Gasteiger partial charge in [0.15, 0.2) is 0 Å². The number of anilines is 1. The lowest BCUT2D eigenvalue weighted by molar-refractivity contribution is -0.117. The summed E-state index contributed by atoms with van der Waals surface area (Å²) < 4.78 is 1.40. The first-order valence-electron chi connectivity index (χ1n) is 5.27. The first-order valence-corrected chi connectivity index (χ1v) is 5.27. The van der Waals surface area contributed by atoms with Gasteiger partial charge in [-0.05, 0) is 12.5 Å². The van der Waals surface area contributed by atoms with Crippen LogP contribution in [0.25, 0.3) is 0 Å². The molecule has 1 aromatic rings. The predicted octanol–water partition coefficient (Wildman–Crippen LogP) is 0.451. The fourth-order valence-corrected chi connectivity index (χ4v) is 1.34. The van der Waals surface area contributed by atoms with Crippen molar-refractivity contribution in [3.8, 4) is 0 Å². The Kier molecular flexibility index (Phi) is 4.25. The Morgan fingerprint density at radius 1 is 1.56 bits per heavy atom. The van der Waals surface area contributed by atoms with Crippen molar-refractivity contribution in [2.45, 2.75) is 25.8 Å². The minimum atomic E-state index is -0.498. The van der Waals surface area contributed by atoms with Gasteiger partial charge in [0.25, 0.3) is 0 Å². The van der Waals surface area contributed by atoms with E-state index in [1.54, 1.807) is 19.3 Å². The molecule has 0 bridgehead atoms. The van der Waals surface area contributed by atoms with Crippen molar-refractivity contribution < 1.29 is 4.79 Å². The Hall–Kier alpha value is -1.62. The number of nitrogens with zero attached hydrogens (tertiary/aromatic N) is 1. The van der Waals surface area contributed by atoms with Crippen molar-refractivity contribution in [2.24, 2.45) is 12.8 Å². The summed E-state index contributed by atoms with van der Waals surface area (Å²) in [4.78, 5) is 22.7. The van der Waals surface area contributed by atoms with Crippen LogP contribution in [0, 0.1) is 0 Å². The lowest BCUT2D eigenvalue weighted by atomic mass is 10.1. The van der Waals surface area contributed by atoms with E-state index >= 15 is 0 Å². The van der Waals surface area contributed by atoms with Gasteiger partial charge in [0, 0.05) is 19.3 Å². The zero-order valence-electron chi connectivity index (χ0n) is 9.56. The number of hydrogen-bond acceptors (Lipinski definition) is 3. The summed E-state index contributed by atoms with van der Waals surface area (Å²) in [5.74, 6) is -0.222. The van der Waals surface area contributed by atoms with Crippen molar-refractivity contribution in [3.05, 3.63) is 28.7 Å². The number of nitrogens with two attached hydrogens (primary N) is 1. The molecular weight excluding hydrogens is 206 g/mol. The zero-order chi connectivity index (χ0) is 12.1. The number of rotatable bonds is 4. The lowest BCUT2D eigenvalue weighted by Gasteiger charge is -2.11. The molecule has 0 aromatic carbocycles. The largest absolute Gasteiger partial charge is 0.323 e. The van der Waals surface area contributed by atoms with Gasteiger partial charge in [-0.2, -0.15) is 0 Å². The van der Waals surface area contributed by atoms with Gasteiger partial charge in [-0.15, -0.1) is 0 Å². The highest BCUT2D eigenvalue weighted by Gasteiger charge is 2.12. The van der Waals surface area contributed by atoms with Crippen molar-refractivity contribution >= 4 is 11.6 Å². The summed E-state index contributed by atoms with van der Waals surface area (Å²) in [6.45, 7) is 1.97. The van der Waals surface area contributed by atoms with E-state index in [9.17, 15) is 9.59 Å². The maximum absolute atomic E-state index is 11.6. The van der Waals surface area contributed by atoms with Gasteiger partial charge < -0.3 is 15.6 Å². The average molecular weight is 223 g/mol. The molecule has 5 heteroatoms. The molecule has 0 radical (unpaired) electrons. The van der Waals surface area contributed by atoms with E-state index in [0.29, 0.717) is 12.1 Å². The van der Waals surface area contributed by atoms with Crippen LogP contribution in [0.15, 0.2) is 23.1 Å². The van der Waals surface area contributed by atoms with Gasteiger partial charge in [-0.3, -0.25) is 9.59 Å².